The molecule has 0 radical (unpaired) electrons. The third-order valence-corrected chi connectivity index (χ3v) is 3.57. The Morgan fingerprint density at radius 3 is 2.52 bits per heavy atom. The number of ether oxygens (including phenoxy) is 1. The highest BCUT2D eigenvalue weighted by atomic mass is 79.9. The van der Waals surface area contributed by atoms with E-state index in [1.807, 2.05) is 0 Å². The molecule has 8 heteroatoms. The molecule has 1 atom stereocenters. The number of alkyl halides is 3. The average Bonchev–Trinajstić information content (AvgIpc) is 2.33. The number of hydrogen-bond donors (Lipinski definition) is 2. The zero-order valence-electron chi connectivity index (χ0n) is 13.0. The van der Waals surface area contributed by atoms with Gasteiger partial charge >= 0.3 is 12.3 Å². The molecule has 0 heterocycles. The van der Waals surface area contributed by atoms with Gasteiger partial charge in [0.25, 0.3) is 0 Å². The Labute approximate surface area is 141 Å². The average molecular weight is 398 g/mol. The highest BCUT2D eigenvalue weighted by molar-refractivity contribution is 9.10. The standard InChI is InChI=1S/C15H19BrF3NO3/c1-9(7-14(2,3)20-13(21)22)8-23-12-5-4-10(16)6-11(12)15(17,18)19/h4-6,9,20H,7-8H2,1-3H3,(H,21,22)/t9-/m0/s1. The van der Waals surface area contributed by atoms with Gasteiger partial charge in [0.1, 0.15) is 5.75 Å². The van der Waals surface area contributed by atoms with Gasteiger partial charge in [-0.05, 0) is 44.4 Å². The van der Waals surface area contributed by atoms with E-state index in [-0.39, 0.29) is 18.3 Å². The number of rotatable bonds is 6. The summed E-state index contributed by atoms with van der Waals surface area (Å²) < 4.78 is 44.6. The lowest BCUT2D eigenvalue weighted by molar-refractivity contribution is -0.139. The van der Waals surface area contributed by atoms with Crippen LogP contribution < -0.4 is 10.1 Å². The molecular weight excluding hydrogens is 379 g/mol. The SMILES string of the molecule is C[C@H](COc1ccc(Br)cc1C(F)(F)F)CC(C)(C)NC(=O)O. The van der Waals surface area contributed by atoms with Crippen LogP contribution in [0, 0.1) is 5.92 Å². The first-order chi connectivity index (χ1) is 10.4. The second kappa shape index (κ2) is 7.42. The molecule has 0 fully saturated rings. The van der Waals surface area contributed by atoms with Gasteiger partial charge in [-0.25, -0.2) is 4.79 Å². The summed E-state index contributed by atoms with van der Waals surface area (Å²) >= 11 is 3.01. The van der Waals surface area contributed by atoms with Crippen LogP contribution in [0.3, 0.4) is 0 Å². The highest BCUT2D eigenvalue weighted by Crippen LogP contribution is 2.38. The molecule has 0 aromatic heterocycles. The van der Waals surface area contributed by atoms with Crippen LogP contribution in [-0.4, -0.2) is 23.3 Å². The van der Waals surface area contributed by atoms with Crippen molar-refractivity contribution in [2.24, 2.45) is 5.92 Å². The van der Waals surface area contributed by atoms with E-state index in [0.29, 0.717) is 10.9 Å². The molecule has 0 unspecified atom stereocenters. The van der Waals surface area contributed by atoms with E-state index in [1.54, 1.807) is 20.8 Å². The van der Waals surface area contributed by atoms with E-state index in [4.69, 9.17) is 9.84 Å². The van der Waals surface area contributed by atoms with Gasteiger partial charge in [0, 0.05) is 10.0 Å². The first-order valence-corrected chi connectivity index (χ1v) is 7.70. The lowest BCUT2D eigenvalue weighted by Gasteiger charge is -2.28. The topological polar surface area (TPSA) is 58.6 Å². The molecule has 0 aliphatic heterocycles. The van der Waals surface area contributed by atoms with Crippen LogP contribution in [0.4, 0.5) is 18.0 Å². The van der Waals surface area contributed by atoms with Gasteiger partial charge < -0.3 is 15.2 Å². The van der Waals surface area contributed by atoms with Crippen molar-refractivity contribution in [1.82, 2.24) is 5.32 Å². The number of amides is 1. The summed E-state index contributed by atoms with van der Waals surface area (Å²) in [6.45, 7) is 5.25. The normalized spacial score (nSPS) is 13.5. The minimum Gasteiger partial charge on any atom is -0.493 e. The van der Waals surface area contributed by atoms with Crippen molar-refractivity contribution >= 4 is 22.0 Å². The van der Waals surface area contributed by atoms with Crippen molar-refractivity contribution in [2.75, 3.05) is 6.61 Å². The van der Waals surface area contributed by atoms with Crippen LogP contribution in [0.5, 0.6) is 5.75 Å². The van der Waals surface area contributed by atoms with E-state index in [2.05, 4.69) is 21.2 Å². The number of hydrogen-bond acceptors (Lipinski definition) is 2. The first-order valence-electron chi connectivity index (χ1n) is 6.91. The summed E-state index contributed by atoms with van der Waals surface area (Å²) in [7, 11) is 0. The largest absolute Gasteiger partial charge is 0.493 e. The molecule has 1 aromatic carbocycles. The van der Waals surface area contributed by atoms with E-state index in [9.17, 15) is 18.0 Å². The predicted octanol–water partition coefficient (Wildman–Crippen LogP) is 4.92. The van der Waals surface area contributed by atoms with Crippen molar-refractivity contribution in [3.8, 4) is 5.75 Å². The van der Waals surface area contributed by atoms with Crippen molar-refractivity contribution in [2.45, 2.75) is 38.9 Å². The van der Waals surface area contributed by atoms with Gasteiger partial charge in [0.05, 0.1) is 12.2 Å². The molecule has 1 amide bonds. The van der Waals surface area contributed by atoms with Gasteiger partial charge in [-0.1, -0.05) is 22.9 Å². The minimum atomic E-state index is -4.51. The van der Waals surface area contributed by atoms with Crippen LogP contribution in [0.2, 0.25) is 0 Å². The number of halogens is 4. The number of carbonyl (C=O) groups is 1. The van der Waals surface area contributed by atoms with Crippen molar-refractivity contribution in [1.29, 1.82) is 0 Å². The smallest absolute Gasteiger partial charge is 0.420 e. The maximum atomic E-state index is 13.0. The lowest BCUT2D eigenvalue weighted by Crippen LogP contribution is -2.44. The summed E-state index contributed by atoms with van der Waals surface area (Å²) in [4.78, 5) is 10.7. The molecule has 1 rings (SSSR count). The zero-order chi connectivity index (χ0) is 17.8. The Kier molecular flexibility index (Phi) is 6.33. The van der Waals surface area contributed by atoms with Gasteiger partial charge in [-0.2, -0.15) is 13.2 Å². The fourth-order valence-corrected chi connectivity index (χ4v) is 2.71. The summed E-state index contributed by atoms with van der Waals surface area (Å²) in [5.74, 6) is -0.377. The summed E-state index contributed by atoms with van der Waals surface area (Å²) in [6.07, 6.45) is -5.22. The first kappa shape index (κ1) is 19.6. The molecule has 23 heavy (non-hydrogen) atoms. The number of benzene rings is 1. The maximum absolute atomic E-state index is 13.0. The molecule has 130 valence electrons. The molecule has 0 saturated carbocycles. The summed E-state index contributed by atoms with van der Waals surface area (Å²) in [5.41, 5.74) is -1.54. The van der Waals surface area contributed by atoms with E-state index < -0.39 is 23.4 Å². The molecular formula is C15H19BrF3NO3. The van der Waals surface area contributed by atoms with Crippen molar-refractivity contribution < 1.29 is 27.8 Å². The van der Waals surface area contributed by atoms with Crippen LogP contribution >= 0.6 is 15.9 Å². The third kappa shape index (κ3) is 6.68. The summed E-state index contributed by atoms with van der Waals surface area (Å²) in [6, 6.07) is 3.71. The molecule has 0 aliphatic rings. The van der Waals surface area contributed by atoms with E-state index in [1.165, 1.54) is 12.1 Å². The fourth-order valence-electron chi connectivity index (χ4n) is 2.35. The Balaban J connectivity index is 2.73. The van der Waals surface area contributed by atoms with Crippen LogP contribution in [-0.2, 0) is 6.18 Å². The van der Waals surface area contributed by atoms with E-state index in [0.717, 1.165) is 6.07 Å². The van der Waals surface area contributed by atoms with Gasteiger partial charge in [0.2, 0.25) is 0 Å². The second-order valence-corrected chi connectivity index (χ2v) is 6.99. The van der Waals surface area contributed by atoms with E-state index >= 15 is 0 Å². The quantitative estimate of drug-likeness (QED) is 0.715. The molecule has 2 N–H and O–H groups in total. The van der Waals surface area contributed by atoms with Crippen LogP contribution in [0.25, 0.3) is 0 Å². The van der Waals surface area contributed by atoms with Gasteiger partial charge in [-0.15, -0.1) is 0 Å². The Morgan fingerprint density at radius 2 is 2.00 bits per heavy atom. The molecule has 0 spiro atoms. The fraction of sp³-hybridized carbons (Fsp3) is 0.533. The Bertz CT molecular complexity index is 561. The Morgan fingerprint density at radius 1 is 1.39 bits per heavy atom. The third-order valence-electron chi connectivity index (χ3n) is 3.07. The molecule has 0 aliphatic carbocycles. The van der Waals surface area contributed by atoms with Crippen LogP contribution in [0.15, 0.2) is 22.7 Å². The zero-order valence-corrected chi connectivity index (χ0v) is 14.6. The second-order valence-electron chi connectivity index (χ2n) is 6.07. The maximum Gasteiger partial charge on any atom is 0.420 e. The van der Waals surface area contributed by atoms with Crippen molar-refractivity contribution in [3.63, 3.8) is 0 Å². The number of carboxylic acid groups (broad SMARTS) is 1. The van der Waals surface area contributed by atoms with Gasteiger partial charge in [0.15, 0.2) is 0 Å². The molecule has 1 aromatic rings. The predicted molar refractivity (Wildman–Crippen MR) is 83.7 cm³/mol. The Hall–Kier alpha value is -1.44. The van der Waals surface area contributed by atoms with Crippen LogP contribution in [0.1, 0.15) is 32.8 Å². The summed E-state index contributed by atoms with van der Waals surface area (Å²) in [5, 5.41) is 11.1. The minimum absolute atomic E-state index is 0.0510. The molecule has 0 bridgehead atoms. The highest BCUT2D eigenvalue weighted by Gasteiger charge is 2.35. The van der Waals surface area contributed by atoms with Crippen molar-refractivity contribution in [3.05, 3.63) is 28.2 Å². The molecule has 0 saturated heterocycles. The lowest BCUT2D eigenvalue weighted by atomic mass is 9.92. The van der Waals surface area contributed by atoms with Gasteiger partial charge in [-0.3, -0.25) is 0 Å². The monoisotopic (exact) mass is 397 g/mol. The number of nitrogens with one attached hydrogen (secondary N) is 1. The molecule has 4 nitrogen and oxygen atoms in total.